The van der Waals surface area contributed by atoms with Crippen LogP contribution in [0.4, 0.5) is 8.78 Å². The number of nitrogens with zero attached hydrogens (tertiary/aromatic N) is 2. The fourth-order valence-corrected chi connectivity index (χ4v) is 3.83. The van der Waals surface area contributed by atoms with Crippen molar-refractivity contribution in [2.75, 3.05) is 13.2 Å². The van der Waals surface area contributed by atoms with E-state index in [4.69, 9.17) is 9.47 Å². The van der Waals surface area contributed by atoms with Gasteiger partial charge in [0.1, 0.15) is 12.4 Å². The molecule has 196 valence electrons. The van der Waals surface area contributed by atoms with Crippen molar-refractivity contribution in [3.8, 4) is 28.3 Å². The van der Waals surface area contributed by atoms with E-state index in [1.54, 1.807) is 30.6 Å². The van der Waals surface area contributed by atoms with E-state index >= 15 is 0 Å². The molecule has 0 N–H and O–H groups in total. The summed E-state index contributed by atoms with van der Waals surface area (Å²) in [7, 11) is 0. The molecule has 2 aromatic carbocycles. The van der Waals surface area contributed by atoms with E-state index in [-0.39, 0.29) is 23.1 Å². The first-order valence-corrected chi connectivity index (χ1v) is 13.0. The van der Waals surface area contributed by atoms with Gasteiger partial charge < -0.3 is 9.47 Å². The quantitative estimate of drug-likeness (QED) is 0.153. The van der Waals surface area contributed by atoms with Crippen LogP contribution in [0.3, 0.4) is 0 Å². The number of hydrogen-bond acceptors (Lipinski definition) is 4. The van der Waals surface area contributed by atoms with E-state index in [2.05, 4.69) is 30.4 Å². The summed E-state index contributed by atoms with van der Waals surface area (Å²) in [6.07, 6.45) is 14.7. The molecule has 0 spiro atoms. The van der Waals surface area contributed by atoms with Crippen molar-refractivity contribution in [3.63, 3.8) is 0 Å². The Morgan fingerprint density at radius 3 is 2.41 bits per heavy atom. The largest absolute Gasteiger partial charge is 0.490 e. The number of halogens is 2. The number of hydrogen-bond donors (Lipinski definition) is 0. The van der Waals surface area contributed by atoms with E-state index in [9.17, 15) is 8.78 Å². The van der Waals surface area contributed by atoms with Crippen LogP contribution in [-0.4, -0.2) is 29.3 Å². The van der Waals surface area contributed by atoms with Gasteiger partial charge in [-0.15, -0.1) is 0 Å². The van der Waals surface area contributed by atoms with E-state index in [1.807, 2.05) is 30.3 Å². The van der Waals surface area contributed by atoms with Gasteiger partial charge in [0.25, 0.3) is 0 Å². The van der Waals surface area contributed by atoms with Crippen molar-refractivity contribution in [1.29, 1.82) is 0 Å². The molecule has 1 atom stereocenters. The fourth-order valence-electron chi connectivity index (χ4n) is 3.83. The number of benzene rings is 2. The zero-order valence-corrected chi connectivity index (χ0v) is 21.8. The molecule has 4 nitrogen and oxygen atoms in total. The van der Waals surface area contributed by atoms with Crippen molar-refractivity contribution in [2.45, 2.75) is 58.5 Å². The molecule has 0 radical (unpaired) electrons. The highest BCUT2D eigenvalue weighted by molar-refractivity contribution is 5.65. The van der Waals surface area contributed by atoms with Crippen LogP contribution in [-0.2, 0) is 4.74 Å². The molecule has 0 aliphatic heterocycles. The Balaban J connectivity index is 1.56. The Morgan fingerprint density at radius 1 is 0.946 bits per heavy atom. The van der Waals surface area contributed by atoms with E-state index < -0.39 is 11.6 Å². The SMILES string of the molecule is C=CCOc1ccc(-c2cnc(-c3ccc(/C=C/CCCC(C)OCCCCC)c(F)c3F)nc2)cc1. The normalized spacial score (nSPS) is 12.1. The van der Waals surface area contributed by atoms with Crippen LogP contribution in [0.1, 0.15) is 57.9 Å². The smallest absolute Gasteiger partial charge is 0.170 e. The monoisotopic (exact) mass is 506 g/mol. The molecule has 1 aromatic heterocycles. The molecule has 0 saturated carbocycles. The minimum atomic E-state index is -0.951. The Bertz CT molecular complexity index is 1150. The molecular weight excluding hydrogens is 470 g/mol. The van der Waals surface area contributed by atoms with Crippen LogP contribution in [0.15, 0.2) is 67.5 Å². The zero-order chi connectivity index (χ0) is 26.5. The second kappa shape index (κ2) is 15.0. The van der Waals surface area contributed by atoms with Crippen molar-refractivity contribution in [2.24, 2.45) is 0 Å². The first kappa shape index (κ1) is 28.2. The van der Waals surface area contributed by atoms with E-state index in [0.29, 0.717) is 6.61 Å². The minimum absolute atomic E-state index is 0.0309. The Labute approximate surface area is 219 Å². The number of unbranched alkanes of at least 4 members (excludes halogenated alkanes) is 3. The number of rotatable bonds is 15. The van der Waals surface area contributed by atoms with Crippen LogP contribution < -0.4 is 4.74 Å². The molecule has 0 aliphatic rings. The molecule has 0 bridgehead atoms. The predicted octanol–water partition coefficient (Wildman–Crippen LogP) is 8.43. The molecule has 0 amide bonds. The van der Waals surface area contributed by atoms with Crippen molar-refractivity contribution in [1.82, 2.24) is 9.97 Å². The summed E-state index contributed by atoms with van der Waals surface area (Å²) in [6.45, 7) is 9.11. The van der Waals surface area contributed by atoms with Crippen LogP contribution in [0.5, 0.6) is 5.75 Å². The third-order valence-electron chi connectivity index (χ3n) is 5.99. The summed E-state index contributed by atoms with van der Waals surface area (Å²) in [6, 6.07) is 10.5. The van der Waals surface area contributed by atoms with Crippen LogP contribution in [0.25, 0.3) is 28.6 Å². The second-order valence-corrected chi connectivity index (χ2v) is 8.97. The first-order chi connectivity index (χ1) is 18.0. The Hall–Kier alpha value is -3.38. The van der Waals surface area contributed by atoms with Gasteiger partial charge in [-0.3, -0.25) is 0 Å². The molecule has 3 rings (SSSR count). The maximum atomic E-state index is 14.8. The predicted molar refractivity (Wildman–Crippen MR) is 146 cm³/mol. The molecule has 3 aromatic rings. The van der Waals surface area contributed by atoms with Gasteiger partial charge in [0, 0.05) is 30.1 Å². The molecule has 0 saturated heterocycles. The van der Waals surface area contributed by atoms with Gasteiger partial charge in [0.2, 0.25) is 0 Å². The summed E-state index contributed by atoms with van der Waals surface area (Å²) in [5.41, 5.74) is 1.89. The molecular formula is C31H36F2N2O2. The maximum absolute atomic E-state index is 14.8. The van der Waals surface area contributed by atoms with Gasteiger partial charge in [-0.2, -0.15) is 0 Å². The van der Waals surface area contributed by atoms with E-state index in [0.717, 1.165) is 49.2 Å². The second-order valence-electron chi connectivity index (χ2n) is 8.97. The highest BCUT2D eigenvalue weighted by atomic mass is 19.2. The summed E-state index contributed by atoms with van der Waals surface area (Å²) in [5, 5.41) is 0. The number of allylic oxidation sites excluding steroid dienone is 1. The van der Waals surface area contributed by atoms with Gasteiger partial charge in [-0.25, -0.2) is 18.7 Å². The highest BCUT2D eigenvalue weighted by Crippen LogP contribution is 2.27. The summed E-state index contributed by atoms with van der Waals surface area (Å²) in [4.78, 5) is 8.54. The maximum Gasteiger partial charge on any atom is 0.170 e. The van der Waals surface area contributed by atoms with Crippen molar-refractivity contribution < 1.29 is 18.3 Å². The Kier molecular flexibility index (Phi) is 11.4. The number of aromatic nitrogens is 2. The van der Waals surface area contributed by atoms with E-state index in [1.165, 1.54) is 18.9 Å². The summed E-state index contributed by atoms with van der Waals surface area (Å²) >= 11 is 0. The average molecular weight is 507 g/mol. The third kappa shape index (κ3) is 8.60. The molecule has 37 heavy (non-hydrogen) atoms. The van der Waals surface area contributed by atoms with Crippen LogP contribution >= 0.6 is 0 Å². The third-order valence-corrected chi connectivity index (χ3v) is 5.99. The lowest BCUT2D eigenvalue weighted by atomic mass is 10.1. The first-order valence-electron chi connectivity index (χ1n) is 13.0. The van der Waals surface area contributed by atoms with Crippen LogP contribution in [0.2, 0.25) is 0 Å². The fraction of sp³-hybridized carbons (Fsp3) is 0.355. The lowest BCUT2D eigenvalue weighted by Crippen LogP contribution is -2.08. The summed E-state index contributed by atoms with van der Waals surface area (Å²) in [5.74, 6) is -0.985. The van der Waals surface area contributed by atoms with Gasteiger partial charge in [-0.05, 0) is 56.4 Å². The average Bonchev–Trinajstić information content (AvgIpc) is 2.92. The molecule has 0 fully saturated rings. The lowest BCUT2D eigenvalue weighted by Gasteiger charge is -2.12. The van der Waals surface area contributed by atoms with Crippen LogP contribution in [0, 0.1) is 11.6 Å². The summed E-state index contributed by atoms with van der Waals surface area (Å²) < 4.78 is 40.9. The standard InChI is InChI=1S/C31H36F2N2O2/c1-4-6-10-20-36-23(3)11-8-7-9-12-25-15-18-28(30(33)29(25)32)31-34-21-26(22-35-31)24-13-16-27(17-14-24)37-19-5-2/h5,9,12-18,21-23H,2,4,6-8,10-11,19-20H2,1,3H3/b12-9+. The minimum Gasteiger partial charge on any atom is -0.490 e. The molecule has 1 unspecified atom stereocenters. The lowest BCUT2D eigenvalue weighted by molar-refractivity contribution is 0.0566. The molecule has 0 aliphatic carbocycles. The highest BCUT2D eigenvalue weighted by Gasteiger charge is 2.15. The van der Waals surface area contributed by atoms with Gasteiger partial charge in [0.15, 0.2) is 17.5 Å². The van der Waals surface area contributed by atoms with Crippen molar-refractivity contribution in [3.05, 3.63) is 84.7 Å². The van der Waals surface area contributed by atoms with Gasteiger partial charge in [-0.1, -0.05) is 62.8 Å². The molecule has 6 heteroatoms. The number of ether oxygens (including phenoxy) is 2. The van der Waals surface area contributed by atoms with Gasteiger partial charge in [0.05, 0.1) is 11.7 Å². The zero-order valence-electron chi connectivity index (χ0n) is 21.8. The van der Waals surface area contributed by atoms with Gasteiger partial charge >= 0.3 is 0 Å². The molecule has 1 heterocycles. The van der Waals surface area contributed by atoms with Crippen molar-refractivity contribution >= 4 is 6.08 Å². The Morgan fingerprint density at radius 2 is 1.70 bits per heavy atom. The topological polar surface area (TPSA) is 44.2 Å².